The van der Waals surface area contributed by atoms with Gasteiger partial charge in [-0.3, -0.25) is 4.79 Å². The van der Waals surface area contributed by atoms with Crippen LogP contribution in [-0.4, -0.2) is 39.8 Å². The minimum atomic E-state index is -0.641. The first-order valence-corrected chi connectivity index (χ1v) is 6.81. The van der Waals surface area contributed by atoms with Gasteiger partial charge in [0.05, 0.1) is 17.7 Å². The maximum Gasteiger partial charge on any atom is 0.227 e. The van der Waals surface area contributed by atoms with Gasteiger partial charge in [-0.1, -0.05) is 5.16 Å². The van der Waals surface area contributed by atoms with Crippen molar-refractivity contribution in [2.75, 3.05) is 13.1 Å². The first kappa shape index (κ1) is 14.1. The summed E-state index contributed by atoms with van der Waals surface area (Å²) in [4.78, 5) is 14.1. The van der Waals surface area contributed by atoms with Gasteiger partial charge in [-0.2, -0.15) is 0 Å². The second-order valence-electron chi connectivity index (χ2n) is 5.71. The highest BCUT2D eigenvalue weighted by molar-refractivity contribution is 5.79. The third kappa shape index (κ3) is 3.35. The molecule has 1 unspecified atom stereocenters. The summed E-state index contributed by atoms with van der Waals surface area (Å²) in [5, 5.41) is 13.9. The summed E-state index contributed by atoms with van der Waals surface area (Å²) in [6.07, 6.45) is 2.58. The standard InChI is InChI=1S/C14H22N2O3/c1-10-12(11(2)19-15-10)9-13(17)16-7-4-5-14(3,18)6-8-16/h18H,4-9H2,1-3H3. The molecule has 5 nitrogen and oxygen atoms in total. The van der Waals surface area contributed by atoms with E-state index in [0.717, 1.165) is 30.6 Å². The van der Waals surface area contributed by atoms with Crippen molar-refractivity contribution < 1.29 is 14.4 Å². The molecule has 5 heteroatoms. The van der Waals surface area contributed by atoms with Gasteiger partial charge in [-0.05, 0) is 40.0 Å². The van der Waals surface area contributed by atoms with Crippen LogP contribution in [0.5, 0.6) is 0 Å². The molecule has 0 aromatic carbocycles. The molecular formula is C14H22N2O3. The Morgan fingerprint density at radius 1 is 1.42 bits per heavy atom. The van der Waals surface area contributed by atoms with Crippen LogP contribution in [0.1, 0.15) is 43.2 Å². The molecule has 2 heterocycles. The second-order valence-corrected chi connectivity index (χ2v) is 5.71. The topological polar surface area (TPSA) is 66.6 Å². The molecule has 2 rings (SSSR count). The summed E-state index contributed by atoms with van der Waals surface area (Å²) < 4.78 is 5.08. The lowest BCUT2D eigenvalue weighted by molar-refractivity contribution is -0.130. The van der Waals surface area contributed by atoms with Crippen molar-refractivity contribution in [2.45, 2.75) is 52.1 Å². The number of aryl methyl sites for hydroxylation is 2. The summed E-state index contributed by atoms with van der Waals surface area (Å²) in [5.74, 6) is 0.805. The van der Waals surface area contributed by atoms with Gasteiger partial charge in [0.15, 0.2) is 0 Å². The Morgan fingerprint density at radius 3 is 2.79 bits per heavy atom. The van der Waals surface area contributed by atoms with E-state index < -0.39 is 5.60 Å². The van der Waals surface area contributed by atoms with Crippen LogP contribution in [0.4, 0.5) is 0 Å². The molecular weight excluding hydrogens is 244 g/mol. The second kappa shape index (κ2) is 5.33. The van der Waals surface area contributed by atoms with Crippen LogP contribution in [0.15, 0.2) is 4.52 Å². The van der Waals surface area contributed by atoms with E-state index >= 15 is 0 Å². The van der Waals surface area contributed by atoms with Crippen LogP contribution >= 0.6 is 0 Å². The van der Waals surface area contributed by atoms with Crippen LogP contribution in [0.2, 0.25) is 0 Å². The lowest BCUT2D eigenvalue weighted by Gasteiger charge is -2.22. The minimum Gasteiger partial charge on any atom is -0.390 e. The average molecular weight is 266 g/mol. The van der Waals surface area contributed by atoms with Gasteiger partial charge in [0, 0.05) is 18.7 Å². The van der Waals surface area contributed by atoms with Crippen LogP contribution in [0.3, 0.4) is 0 Å². The molecule has 1 fully saturated rings. The molecule has 0 saturated carbocycles. The molecule has 1 aliphatic heterocycles. The SMILES string of the molecule is Cc1noc(C)c1CC(=O)N1CCCC(C)(O)CC1. The van der Waals surface area contributed by atoms with E-state index in [1.54, 1.807) is 0 Å². The Hall–Kier alpha value is -1.36. The third-order valence-electron chi connectivity index (χ3n) is 3.93. The highest BCUT2D eigenvalue weighted by Gasteiger charge is 2.27. The van der Waals surface area contributed by atoms with Crippen molar-refractivity contribution in [3.05, 3.63) is 17.0 Å². The van der Waals surface area contributed by atoms with Gasteiger partial charge in [0.2, 0.25) is 5.91 Å². The summed E-state index contributed by atoms with van der Waals surface area (Å²) >= 11 is 0. The highest BCUT2D eigenvalue weighted by Crippen LogP contribution is 2.22. The van der Waals surface area contributed by atoms with Crippen LogP contribution in [0.25, 0.3) is 0 Å². The number of rotatable bonds is 2. The zero-order chi connectivity index (χ0) is 14.0. The zero-order valence-electron chi connectivity index (χ0n) is 11.9. The Bertz CT molecular complexity index is 446. The summed E-state index contributed by atoms with van der Waals surface area (Å²) in [7, 11) is 0. The predicted octanol–water partition coefficient (Wildman–Crippen LogP) is 1.60. The molecule has 1 aromatic heterocycles. The van der Waals surface area contributed by atoms with Gasteiger partial charge in [-0.25, -0.2) is 0 Å². The first-order chi connectivity index (χ1) is 8.89. The van der Waals surface area contributed by atoms with Gasteiger partial charge >= 0.3 is 0 Å². The van der Waals surface area contributed by atoms with Crippen LogP contribution in [0, 0.1) is 13.8 Å². The Kier molecular flexibility index (Phi) is 3.94. The van der Waals surface area contributed by atoms with Crippen LogP contribution < -0.4 is 0 Å². The molecule has 0 aliphatic carbocycles. The highest BCUT2D eigenvalue weighted by atomic mass is 16.5. The maximum atomic E-state index is 12.3. The van der Waals surface area contributed by atoms with E-state index in [4.69, 9.17) is 4.52 Å². The number of aromatic nitrogens is 1. The molecule has 0 spiro atoms. The van der Waals surface area contributed by atoms with E-state index in [1.165, 1.54) is 0 Å². The predicted molar refractivity (Wildman–Crippen MR) is 70.7 cm³/mol. The van der Waals surface area contributed by atoms with Crippen molar-refractivity contribution in [2.24, 2.45) is 0 Å². The van der Waals surface area contributed by atoms with E-state index in [1.807, 2.05) is 25.7 Å². The maximum absolute atomic E-state index is 12.3. The quantitative estimate of drug-likeness (QED) is 0.883. The van der Waals surface area contributed by atoms with Gasteiger partial charge in [0.1, 0.15) is 5.76 Å². The first-order valence-electron chi connectivity index (χ1n) is 6.81. The molecule has 1 N–H and O–H groups in total. The van der Waals surface area contributed by atoms with Gasteiger partial charge in [0.25, 0.3) is 0 Å². The number of amides is 1. The molecule has 1 saturated heterocycles. The minimum absolute atomic E-state index is 0.0899. The van der Waals surface area contributed by atoms with Crippen molar-refractivity contribution in [1.29, 1.82) is 0 Å². The Labute approximate surface area is 113 Å². The monoisotopic (exact) mass is 266 g/mol. The third-order valence-corrected chi connectivity index (χ3v) is 3.93. The number of nitrogens with zero attached hydrogens (tertiary/aromatic N) is 2. The molecule has 19 heavy (non-hydrogen) atoms. The summed E-state index contributed by atoms with van der Waals surface area (Å²) in [6, 6.07) is 0. The van der Waals surface area contributed by atoms with Crippen molar-refractivity contribution in [1.82, 2.24) is 10.1 Å². The number of hydrogen-bond donors (Lipinski definition) is 1. The number of likely N-dealkylation sites (tertiary alicyclic amines) is 1. The van der Waals surface area contributed by atoms with Crippen LogP contribution in [-0.2, 0) is 11.2 Å². The summed E-state index contributed by atoms with van der Waals surface area (Å²) in [5.41, 5.74) is 1.03. The van der Waals surface area contributed by atoms with Crippen molar-refractivity contribution in [3.8, 4) is 0 Å². The molecule has 1 aromatic rings. The number of hydrogen-bond acceptors (Lipinski definition) is 4. The van der Waals surface area contributed by atoms with E-state index in [0.29, 0.717) is 25.1 Å². The Morgan fingerprint density at radius 2 is 2.16 bits per heavy atom. The van der Waals surface area contributed by atoms with E-state index in [2.05, 4.69) is 5.16 Å². The fourth-order valence-corrected chi connectivity index (χ4v) is 2.53. The fourth-order valence-electron chi connectivity index (χ4n) is 2.53. The fraction of sp³-hybridized carbons (Fsp3) is 0.714. The lowest BCUT2D eigenvalue weighted by atomic mass is 9.98. The van der Waals surface area contributed by atoms with Gasteiger partial charge in [-0.15, -0.1) is 0 Å². The largest absolute Gasteiger partial charge is 0.390 e. The average Bonchev–Trinajstić information content (AvgIpc) is 2.55. The number of aliphatic hydroxyl groups is 1. The van der Waals surface area contributed by atoms with Crippen molar-refractivity contribution in [3.63, 3.8) is 0 Å². The number of carbonyl (C=O) groups is 1. The molecule has 1 aliphatic rings. The van der Waals surface area contributed by atoms with Crippen molar-refractivity contribution >= 4 is 5.91 Å². The van der Waals surface area contributed by atoms with E-state index in [-0.39, 0.29) is 5.91 Å². The molecule has 0 bridgehead atoms. The lowest BCUT2D eigenvalue weighted by Crippen LogP contribution is -2.34. The van der Waals surface area contributed by atoms with Gasteiger partial charge < -0.3 is 14.5 Å². The number of carbonyl (C=O) groups excluding carboxylic acids is 1. The molecule has 0 radical (unpaired) electrons. The summed E-state index contributed by atoms with van der Waals surface area (Å²) in [6.45, 7) is 6.87. The zero-order valence-corrected chi connectivity index (χ0v) is 11.9. The normalized spacial score (nSPS) is 24.3. The molecule has 106 valence electrons. The molecule has 1 atom stereocenters. The van der Waals surface area contributed by atoms with E-state index in [9.17, 15) is 9.90 Å². The smallest absolute Gasteiger partial charge is 0.227 e. The molecule has 1 amide bonds. The Balaban J connectivity index is 2.01.